The fourth-order valence-corrected chi connectivity index (χ4v) is 3.37. The Morgan fingerprint density at radius 1 is 1.33 bits per heavy atom. The zero-order valence-electron chi connectivity index (χ0n) is 12.8. The molecule has 1 atom stereocenters. The second-order valence-corrected chi connectivity index (χ2v) is 5.78. The number of fused-ring (bicyclic) bond motifs is 1. The predicted octanol–water partition coefficient (Wildman–Crippen LogP) is 2.63. The summed E-state index contributed by atoms with van der Waals surface area (Å²) < 4.78 is 7.37. The summed E-state index contributed by atoms with van der Waals surface area (Å²) in [4.78, 5) is 0. The van der Waals surface area contributed by atoms with Gasteiger partial charge in [-0.2, -0.15) is 5.10 Å². The smallest absolute Gasteiger partial charge is 0.118 e. The van der Waals surface area contributed by atoms with Crippen molar-refractivity contribution in [3.05, 3.63) is 46.8 Å². The maximum atomic E-state index is 5.93. The Bertz CT molecular complexity index is 616. The SMILES string of the molecule is COc1ccc(Cn2nc(C)c3c2CCCC3CN)cc1. The molecule has 1 aliphatic carbocycles. The molecule has 0 bridgehead atoms. The number of ether oxygens (including phenoxy) is 1. The van der Waals surface area contributed by atoms with E-state index in [4.69, 9.17) is 15.6 Å². The highest BCUT2D eigenvalue weighted by molar-refractivity contribution is 5.33. The molecule has 21 heavy (non-hydrogen) atoms. The van der Waals surface area contributed by atoms with E-state index in [1.165, 1.54) is 29.7 Å². The van der Waals surface area contributed by atoms with Gasteiger partial charge in [-0.3, -0.25) is 4.68 Å². The van der Waals surface area contributed by atoms with Gasteiger partial charge in [0.15, 0.2) is 0 Å². The topological polar surface area (TPSA) is 53.1 Å². The third-order valence-corrected chi connectivity index (χ3v) is 4.43. The highest BCUT2D eigenvalue weighted by Gasteiger charge is 2.25. The van der Waals surface area contributed by atoms with Gasteiger partial charge in [-0.15, -0.1) is 0 Å². The van der Waals surface area contributed by atoms with E-state index >= 15 is 0 Å². The lowest BCUT2D eigenvalue weighted by Crippen LogP contribution is -2.19. The third kappa shape index (κ3) is 2.68. The minimum absolute atomic E-state index is 0.485. The molecule has 112 valence electrons. The van der Waals surface area contributed by atoms with Gasteiger partial charge in [-0.1, -0.05) is 12.1 Å². The monoisotopic (exact) mass is 285 g/mol. The van der Waals surface area contributed by atoms with Crippen molar-refractivity contribution in [3.63, 3.8) is 0 Å². The van der Waals surface area contributed by atoms with Gasteiger partial charge in [0.2, 0.25) is 0 Å². The summed E-state index contributed by atoms with van der Waals surface area (Å²) in [6.45, 7) is 3.65. The molecule has 1 unspecified atom stereocenters. The van der Waals surface area contributed by atoms with E-state index < -0.39 is 0 Å². The molecule has 0 saturated heterocycles. The summed E-state index contributed by atoms with van der Waals surface area (Å²) in [5, 5.41) is 4.76. The van der Waals surface area contributed by atoms with Crippen molar-refractivity contribution in [2.75, 3.05) is 13.7 Å². The van der Waals surface area contributed by atoms with Crippen molar-refractivity contribution >= 4 is 0 Å². The molecule has 0 amide bonds. The first-order chi connectivity index (χ1) is 10.2. The third-order valence-electron chi connectivity index (χ3n) is 4.43. The molecule has 0 spiro atoms. The summed E-state index contributed by atoms with van der Waals surface area (Å²) >= 11 is 0. The van der Waals surface area contributed by atoms with Crippen molar-refractivity contribution in [3.8, 4) is 5.75 Å². The van der Waals surface area contributed by atoms with Crippen LogP contribution in [0.25, 0.3) is 0 Å². The van der Waals surface area contributed by atoms with Crippen LogP contribution >= 0.6 is 0 Å². The number of hydrogen-bond donors (Lipinski definition) is 1. The predicted molar refractivity (Wildman–Crippen MR) is 83.8 cm³/mol. The van der Waals surface area contributed by atoms with Crippen molar-refractivity contribution in [1.82, 2.24) is 9.78 Å². The standard InChI is InChI=1S/C17H23N3O/c1-12-17-14(10-18)4-3-5-16(17)20(19-12)11-13-6-8-15(21-2)9-7-13/h6-9,14H,3-5,10-11,18H2,1-2H3. The Morgan fingerprint density at radius 3 is 2.76 bits per heavy atom. The number of hydrogen-bond acceptors (Lipinski definition) is 3. The first kappa shape index (κ1) is 14.1. The van der Waals surface area contributed by atoms with Gasteiger partial charge in [0.25, 0.3) is 0 Å². The molecule has 1 aromatic carbocycles. The first-order valence-corrected chi connectivity index (χ1v) is 7.62. The molecule has 2 N–H and O–H groups in total. The van der Waals surface area contributed by atoms with Gasteiger partial charge in [-0.25, -0.2) is 0 Å². The van der Waals surface area contributed by atoms with Gasteiger partial charge in [0.1, 0.15) is 5.75 Å². The van der Waals surface area contributed by atoms with Crippen LogP contribution in [-0.4, -0.2) is 23.4 Å². The lowest BCUT2D eigenvalue weighted by Gasteiger charge is -2.22. The van der Waals surface area contributed by atoms with Crippen LogP contribution < -0.4 is 10.5 Å². The fraction of sp³-hybridized carbons (Fsp3) is 0.471. The Hall–Kier alpha value is -1.81. The largest absolute Gasteiger partial charge is 0.497 e. The molecular formula is C17H23N3O. The van der Waals surface area contributed by atoms with E-state index in [1.54, 1.807) is 7.11 Å². The Kier molecular flexibility index (Phi) is 3.97. The first-order valence-electron chi connectivity index (χ1n) is 7.62. The summed E-state index contributed by atoms with van der Waals surface area (Å²) in [7, 11) is 1.69. The molecule has 4 nitrogen and oxygen atoms in total. The fourth-order valence-electron chi connectivity index (χ4n) is 3.37. The molecule has 2 aromatic rings. The maximum Gasteiger partial charge on any atom is 0.118 e. The number of rotatable bonds is 4. The van der Waals surface area contributed by atoms with Crippen LogP contribution in [0.2, 0.25) is 0 Å². The van der Waals surface area contributed by atoms with Crippen LogP contribution in [0.15, 0.2) is 24.3 Å². The van der Waals surface area contributed by atoms with Gasteiger partial charge in [0.05, 0.1) is 19.3 Å². The maximum absolute atomic E-state index is 5.93. The van der Waals surface area contributed by atoms with Crippen LogP contribution in [0.5, 0.6) is 5.75 Å². The molecule has 0 saturated carbocycles. The van der Waals surface area contributed by atoms with Gasteiger partial charge < -0.3 is 10.5 Å². The molecule has 1 heterocycles. The number of benzene rings is 1. The minimum atomic E-state index is 0.485. The lowest BCUT2D eigenvalue weighted by atomic mass is 9.85. The number of methoxy groups -OCH3 is 1. The molecule has 4 heteroatoms. The number of aryl methyl sites for hydroxylation is 1. The van der Waals surface area contributed by atoms with Crippen LogP contribution in [-0.2, 0) is 13.0 Å². The molecule has 3 rings (SSSR count). The summed E-state index contributed by atoms with van der Waals surface area (Å²) in [5.41, 5.74) is 11.1. The van der Waals surface area contributed by atoms with E-state index in [0.29, 0.717) is 5.92 Å². The van der Waals surface area contributed by atoms with E-state index in [2.05, 4.69) is 23.7 Å². The molecule has 0 radical (unpaired) electrons. The van der Waals surface area contributed by atoms with Crippen LogP contribution in [0, 0.1) is 6.92 Å². The van der Waals surface area contributed by atoms with Crippen molar-refractivity contribution in [2.45, 2.75) is 38.6 Å². The van der Waals surface area contributed by atoms with E-state index in [9.17, 15) is 0 Å². The molecule has 0 fully saturated rings. The highest BCUT2D eigenvalue weighted by atomic mass is 16.5. The van der Waals surface area contributed by atoms with E-state index in [-0.39, 0.29) is 0 Å². The van der Waals surface area contributed by atoms with Crippen LogP contribution in [0.3, 0.4) is 0 Å². The van der Waals surface area contributed by atoms with Crippen molar-refractivity contribution in [1.29, 1.82) is 0 Å². The summed E-state index contributed by atoms with van der Waals surface area (Å²) in [5.74, 6) is 1.37. The van der Waals surface area contributed by atoms with E-state index in [0.717, 1.165) is 31.0 Å². The quantitative estimate of drug-likeness (QED) is 0.939. The lowest BCUT2D eigenvalue weighted by molar-refractivity contribution is 0.414. The zero-order valence-corrected chi connectivity index (χ0v) is 12.8. The van der Waals surface area contributed by atoms with E-state index in [1.807, 2.05) is 12.1 Å². The average molecular weight is 285 g/mol. The van der Waals surface area contributed by atoms with Crippen LogP contribution in [0.1, 0.15) is 41.3 Å². The van der Waals surface area contributed by atoms with Gasteiger partial charge in [-0.05, 0) is 56.3 Å². The molecule has 0 aliphatic heterocycles. The molecular weight excluding hydrogens is 262 g/mol. The number of nitrogens with two attached hydrogens (primary N) is 1. The second kappa shape index (κ2) is 5.90. The second-order valence-electron chi connectivity index (χ2n) is 5.78. The Balaban J connectivity index is 1.89. The summed E-state index contributed by atoms with van der Waals surface area (Å²) in [6.07, 6.45) is 3.52. The average Bonchev–Trinajstić information content (AvgIpc) is 2.84. The van der Waals surface area contributed by atoms with Crippen molar-refractivity contribution < 1.29 is 4.74 Å². The molecule has 1 aliphatic rings. The normalized spacial score (nSPS) is 17.6. The Labute approximate surface area is 125 Å². The van der Waals surface area contributed by atoms with Gasteiger partial charge >= 0.3 is 0 Å². The van der Waals surface area contributed by atoms with Crippen molar-refractivity contribution in [2.24, 2.45) is 5.73 Å². The highest BCUT2D eigenvalue weighted by Crippen LogP contribution is 2.33. The van der Waals surface area contributed by atoms with Crippen LogP contribution in [0.4, 0.5) is 0 Å². The minimum Gasteiger partial charge on any atom is -0.497 e. The Morgan fingerprint density at radius 2 is 2.10 bits per heavy atom. The number of nitrogens with zero attached hydrogens (tertiary/aromatic N) is 2. The van der Waals surface area contributed by atoms with Gasteiger partial charge in [0, 0.05) is 11.3 Å². The summed E-state index contributed by atoms with van der Waals surface area (Å²) in [6, 6.07) is 8.21. The number of aromatic nitrogens is 2. The molecule has 1 aromatic heterocycles. The zero-order chi connectivity index (χ0) is 14.8.